The van der Waals surface area contributed by atoms with E-state index in [2.05, 4.69) is 15.3 Å². The number of anilines is 1. The van der Waals surface area contributed by atoms with Gasteiger partial charge in [0.05, 0.1) is 6.04 Å². The third kappa shape index (κ3) is 1.90. The minimum atomic E-state index is 0.190. The average molecular weight is 241 g/mol. The summed E-state index contributed by atoms with van der Waals surface area (Å²) in [4.78, 5) is 8.50. The number of aryl methyl sites for hydroxylation is 1. The lowest BCUT2D eigenvalue weighted by Gasteiger charge is -2.14. The Bertz CT molecular complexity index is 566. The van der Waals surface area contributed by atoms with Crippen LogP contribution in [0.25, 0.3) is 0 Å². The molecule has 0 amide bonds. The molecule has 3 rings (SSSR count). The van der Waals surface area contributed by atoms with Crippen LogP contribution in [0.1, 0.15) is 29.2 Å². The minimum Gasteiger partial charge on any atom is -0.508 e. The van der Waals surface area contributed by atoms with Crippen LogP contribution in [0.5, 0.6) is 5.75 Å². The van der Waals surface area contributed by atoms with Crippen molar-refractivity contribution in [3.63, 3.8) is 0 Å². The highest BCUT2D eigenvalue weighted by atomic mass is 16.3. The fraction of sp³-hybridized carbons (Fsp3) is 0.286. The van der Waals surface area contributed by atoms with Crippen LogP contribution in [0.2, 0.25) is 0 Å². The lowest BCUT2D eigenvalue weighted by molar-refractivity contribution is 0.469. The highest BCUT2D eigenvalue weighted by Gasteiger charge is 2.24. The molecule has 18 heavy (non-hydrogen) atoms. The molecule has 0 aliphatic heterocycles. The molecule has 1 aromatic heterocycles. The van der Waals surface area contributed by atoms with Gasteiger partial charge in [0.15, 0.2) is 0 Å². The smallest absolute Gasteiger partial charge is 0.223 e. The van der Waals surface area contributed by atoms with E-state index in [4.69, 9.17) is 0 Å². The zero-order valence-corrected chi connectivity index (χ0v) is 10.2. The van der Waals surface area contributed by atoms with Gasteiger partial charge in [0.25, 0.3) is 0 Å². The van der Waals surface area contributed by atoms with Crippen molar-refractivity contribution in [3.05, 3.63) is 47.3 Å². The van der Waals surface area contributed by atoms with Crippen molar-refractivity contribution in [2.45, 2.75) is 25.8 Å². The second-order valence-corrected chi connectivity index (χ2v) is 4.66. The summed E-state index contributed by atoms with van der Waals surface area (Å²) < 4.78 is 0. The molecule has 1 aliphatic carbocycles. The van der Waals surface area contributed by atoms with Gasteiger partial charge in [0.1, 0.15) is 5.75 Å². The summed E-state index contributed by atoms with van der Waals surface area (Å²) in [5, 5.41) is 13.1. The molecule has 0 radical (unpaired) electrons. The van der Waals surface area contributed by atoms with E-state index in [1.54, 1.807) is 18.5 Å². The average Bonchev–Trinajstić information content (AvgIpc) is 2.77. The van der Waals surface area contributed by atoms with Crippen LogP contribution in [-0.2, 0) is 6.42 Å². The van der Waals surface area contributed by atoms with E-state index in [0.29, 0.717) is 11.7 Å². The van der Waals surface area contributed by atoms with Crippen molar-refractivity contribution in [1.82, 2.24) is 9.97 Å². The van der Waals surface area contributed by atoms with E-state index >= 15 is 0 Å². The van der Waals surface area contributed by atoms with Crippen LogP contribution < -0.4 is 5.32 Å². The molecule has 0 spiro atoms. The van der Waals surface area contributed by atoms with Gasteiger partial charge in [-0.2, -0.15) is 0 Å². The number of benzene rings is 1. The van der Waals surface area contributed by atoms with Crippen molar-refractivity contribution in [2.75, 3.05) is 5.32 Å². The highest BCUT2D eigenvalue weighted by molar-refractivity contribution is 5.47. The van der Waals surface area contributed by atoms with E-state index < -0.39 is 0 Å². The Morgan fingerprint density at radius 3 is 2.83 bits per heavy atom. The minimum absolute atomic E-state index is 0.190. The third-order valence-corrected chi connectivity index (χ3v) is 3.33. The van der Waals surface area contributed by atoms with E-state index in [1.807, 2.05) is 19.1 Å². The maximum Gasteiger partial charge on any atom is 0.223 e. The Hall–Kier alpha value is -2.10. The molecule has 0 fully saturated rings. The first kappa shape index (κ1) is 11.0. The summed E-state index contributed by atoms with van der Waals surface area (Å²) >= 11 is 0. The molecule has 1 heterocycles. The molecule has 0 saturated carbocycles. The second-order valence-electron chi connectivity index (χ2n) is 4.66. The molecule has 2 N–H and O–H groups in total. The summed E-state index contributed by atoms with van der Waals surface area (Å²) in [5.74, 6) is 1.03. The summed E-state index contributed by atoms with van der Waals surface area (Å²) in [5.41, 5.74) is 3.24. The molecule has 4 nitrogen and oxygen atoms in total. The number of hydrogen-bond acceptors (Lipinski definition) is 4. The van der Waals surface area contributed by atoms with Crippen molar-refractivity contribution >= 4 is 5.95 Å². The van der Waals surface area contributed by atoms with Gasteiger partial charge >= 0.3 is 0 Å². The Morgan fingerprint density at radius 2 is 2.06 bits per heavy atom. The molecular formula is C14H15N3O. The van der Waals surface area contributed by atoms with Crippen LogP contribution in [-0.4, -0.2) is 15.1 Å². The van der Waals surface area contributed by atoms with Crippen molar-refractivity contribution in [1.29, 1.82) is 0 Å². The van der Waals surface area contributed by atoms with Crippen LogP contribution >= 0.6 is 0 Å². The number of fused-ring (bicyclic) bond motifs is 1. The molecule has 1 unspecified atom stereocenters. The Labute approximate surface area is 106 Å². The predicted octanol–water partition coefficient (Wildman–Crippen LogP) is 2.59. The number of aromatic hydroxyl groups is 1. The first-order valence-electron chi connectivity index (χ1n) is 6.10. The SMILES string of the molecule is Cc1cnc(NC2CCc3c(O)cccc32)nc1. The molecular weight excluding hydrogens is 226 g/mol. The van der Waals surface area contributed by atoms with Gasteiger partial charge in [-0.3, -0.25) is 0 Å². The zero-order valence-electron chi connectivity index (χ0n) is 10.2. The van der Waals surface area contributed by atoms with Crippen LogP contribution in [0.3, 0.4) is 0 Å². The highest BCUT2D eigenvalue weighted by Crippen LogP contribution is 2.37. The van der Waals surface area contributed by atoms with Gasteiger partial charge in [-0.15, -0.1) is 0 Å². The van der Waals surface area contributed by atoms with Gasteiger partial charge in [0.2, 0.25) is 5.95 Å². The molecule has 0 saturated heterocycles. The standard InChI is InChI=1S/C14H15N3O/c1-9-7-15-14(16-8-9)17-12-6-5-11-10(12)3-2-4-13(11)18/h2-4,7-8,12,18H,5-6H2,1H3,(H,15,16,17). The number of hydrogen-bond donors (Lipinski definition) is 2. The molecule has 4 heteroatoms. The van der Waals surface area contributed by atoms with Gasteiger partial charge in [-0.1, -0.05) is 12.1 Å². The molecule has 2 aromatic rings. The number of phenolic OH excluding ortho intramolecular Hbond substituents is 1. The van der Waals surface area contributed by atoms with Gasteiger partial charge in [0, 0.05) is 12.4 Å². The molecule has 92 valence electrons. The summed E-state index contributed by atoms with van der Waals surface area (Å²) in [6.45, 7) is 1.96. The van der Waals surface area contributed by atoms with Crippen molar-refractivity contribution in [2.24, 2.45) is 0 Å². The summed E-state index contributed by atoms with van der Waals surface area (Å²) in [7, 11) is 0. The molecule has 1 aromatic carbocycles. The summed E-state index contributed by atoms with van der Waals surface area (Å²) in [6, 6.07) is 5.86. The third-order valence-electron chi connectivity index (χ3n) is 3.33. The largest absolute Gasteiger partial charge is 0.508 e. The van der Waals surface area contributed by atoms with Crippen LogP contribution in [0.15, 0.2) is 30.6 Å². The molecule has 1 atom stereocenters. The fourth-order valence-electron chi connectivity index (χ4n) is 2.41. The lowest BCUT2D eigenvalue weighted by atomic mass is 10.1. The normalized spacial score (nSPS) is 17.5. The number of nitrogens with one attached hydrogen (secondary N) is 1. The first-order valence-corrected chi connectivity index (χ1v) is 6.10. The van der Waals surface area contributed by atoms with E-state index in [-0.39, 0.29) is 6.04 Å². The van der Waals surface area contributed by atoms with E-state index in [0.717, 1.165) is 29.5 Å². The number of nitrogens with zero attached hydrogens (tertiary/aromatic N) is 2. The second kappa shape index (κ2) is 4.29. The van der Waals surface area contributed by atoms with Crippen molar-refractivity contribution in [3.8, 4) is 5.75 Å². The number of aromatic nitrogens is 2. The van der Waals surface area contributed by atoms with E-state index in [9.17, 15) is 5.11 Å². The Balaban J connectivity index is 1.85. The van der Waals surface area contributed by atoms with Gasteiger partial charge < -0.3 is 10.4 Å². The Morgan fingerprint density at radius 1 is 1.28 bits per heavy atom. The van der Waals surface area contributed by atoms with Crippen molar-refractivity contribution < 1.29 is 5.11 Å². The number of phenols is 1. The maximum atomic E-state index is 9.79. The molecule has 1 aliphatic rings. The van der Waals surface area contributed by atoms with Crippen LogP contribution in [0.4, 0.5) is 5.95 Å². The topological polar surface area (TPSA) is 58.0 Å². The first-order chi connectivity index (χ1) is 8.74. The van der Waals surface area contributed by atoms with Crippen LogP contribution in [0, 0.1) is 6.92 Å². The Kier molecular flexibility index (Phi) is 2.63. The van der Waals surface area contributed by atoms with E-state index in [1.165, 1.54) is 0 Å². The predicted molar refractivity (Wildman–Crippen MR) is 69.6 cm³/mol. The monoisotopic (exact) mass is 241 g/mol. The van der Waals surface area contributed by atoms with Gasteiger partial charge in [-0.05, 0) is 42.5 Å². The maximum absolute atomic E-state index is 9.79. The summed E-state index contributed by atoms with van der Waals surface area (Å²) in [6.07, 6.45) is 5.46. The molecule has 0 bridgehead atoms. The quantitative estimate of drug-likeness (QED) is 0.848. The number of rotatable bonds is 2. The zero-order chi connectivity index (χ0) is 12.5. The fourth-order valence-corrected chi connectivity index (χ4v) is 2.41. The van der Waals surface area contributed by atoms with Gasteiger partial charge in [-0.25, -0.2) is 9.97 Å². The lowest BCUT2D eigenvalue weighted by Crippen LogP contribution is -2.09.